The van der Waals surface area contributed by atoms with Crippen molar-refractivity contribution in [3.05, 3.63) is 0 Å². The van der Waals surface area contributed by atoms with Gasteiger partial charge in [0, 0.05) is 24.1 Å². The number of hydrogen-bond donors (Lipinski definition) is 2. The van der Waals surface area contributed by atoms with Crippen molar-refractivity contribution < 1.29 is 10.0 Å². The highest BCUT2D eigenvalue weighted by Crippen LogP contribution is 2.43. The van der Waals surface area contributed by atoms with Gasteiger partial charge in [0.25, 0.3) is 0 Å². The zero-order valence-electron chi connectivity index (χ0n) is 8.08. The third kappa shape index (κ3) is 1.83. The maximum absolute atomic E-state index is 11.6. The summed E-state index contributed by atoms with van der Waals surface area (Å²) in [4.78, 5) is 11.6. The molecular formula is C8H13ClN2O2S. The van der Waals surface area contributed by atoms with Crippen molar-refractivity contribution in [2.24, 2.45) is 16.5 Å². The van der Waals surface area contributed by atoms with Crippen molar-refractivity contribution in [3.8, 4) is 0 Å². The van der Waals surface area contributed by atoms with Gasteiger partial charge in [-0.25, -0.2) is 0 Å². The van der Waals surface area contributed by atoms with Crippen molar-refractivity contribution in [1.82, 2.24) is 5.32 Å². The van der Waals surface area contributed by atoms with Crippen LogP contribution in [0, 0.1) is 11.3 Å². The number of amides is 1. The van der Waals surface area contributed by atoms with E-state index < -0.39 is 5.92 Å². The highest BCUT2D eigenvalue weighted by molar-refractivity contribution is 8.14. The lowest BCUT2D eigenvalue weighted by Crippen LogP contribution is -2.41. The van der Waals surface area contributed by atoms with E-state index in [4.69, 9.17) is 16.8 Å². The summed E-state index contributed by atoms with van der Waals surface area (Å²) in [5.74, 6) is 0.497. The number of rotatable bonds is 2. The number of halogens is 1. The fraction of sp³-hybridized carbons (Fsp3) is 0.750. The number of alkyl halides is 1. The Morgan fingerprint density at radius 2 is 2.57 bits per heavy atom. The third-order valence-corrected chi connectivity index (χ3v) is 4.43. The van der Waals surface area contributed by atoms with E-state index in [1.807, 2.05) is 6.92 Å². The standard InChI is InChI=1S/C8H13ClN2O2S/c1-8(3-9)4-14-7(11-13)5(8)6(12)10-2/h5,13H,3-4H2,1-2H3,(H,10,12). The molecule has 14 heavy (non-hydrogen) atoms. The second-order valence-corrected chi connectivity index (χ2v) is 4.82. The number of carbonyl (C=O) groups is 1. The SMILES string of the molecule is CNC(=O)C1C(=NO)SCC1(C)CCl. The van der Waals surface area contributed by atoms with Crippen LogP contribution in [0.2, 0.25) is 0 Å². The summed E-state index contributed by atoms with van der Waals surface area (Å²) in [6, 6.07) is 0. The molecule has 1 aliphatic rings. The zero-order valence-corrected chi connectivity index (χ0v) is 9.65. The van der Waals surface area contributed by atoms with E-state index in [0.717, 1.165) is 0 Å². The topological polar surface area (TPSA) is 61.7 Å². The van der Waals surface area contributed by atoms with E-state index in [9.17, 15) is 4.79 Å². The first kappa shape index (κ1) is 11.7. The number of hydrogen-bond acceptors (Lipinski definition) is 4. The molecule has 0 aliphatic carbocycles. The van der Waals surface area contributed by atoms with Gasteiger partial charge < -0.3 is 10.5 Å². The third-order valence-electron chi connectivity index (χ3n) is 2.41. The molecular weight excluding hydrogens is 224 g/mol. The van der Waals surface area contributed by atoms with Crippen LogP contribution < -0.4 is 5.32 Å². The molecule has 1 aliphatic heterocycles. The minimum atomic E-state index is -0.431. The molecule has 0 saturated carbocycles. The van der Waals surface area contributed by atoms with Crippen molar-refractivity contribution in [2.75, 3.05) is 18.7 Å². The van der Waals surface area contributed by atoms with Crippen LogP contribution in [0.3, 0.4) is 0 Å². The minimum absolute atomic E-state index is 0.147. The molecule has 2 N–H and O–H groups in total. The fourth-order valence-corrected chi connectivity index (χ4v) is 3.20. The molecule has 0 aromatic carbocycles. The predicted molar refractivity (Wildman–Crippen MR) is 58.1 cm³/mol. The molecule has 2 atom stereocenters. The van der Waals surface area contributed by atoms with Crippen LogP contribution in [0.4, 0.5) is 0 Å². The number of carbonyl (C=O) groups excluding carboxylic acids is 1. The van der Waals surface area contributed by atoms with Crippen molar-refractivity contribution in [2.45, 2.75) is 6.92 Å². The molecule has 80 valence electrons. The predicted octanol–water partition coefficient (Wildman–Crippen LogP) is 1.13. The van der Waals surface area contributed by atoms with Crippen LogP contribution in [0.15, 0.2) is 5.16 Å². The fourth-order valence-electron chi connectivity index (χ4n) is 1.48. The van der Waals surface area contributed by atoms with E-state index >= 15 is 0 Å². The Morgan fingerprint density at radius 3 is 3.00 bits per heavy atom. The van der Waals surface area contributed by atoms with E-state index in [0.29, 0.717) is 16.7 Å². The Labute approximate surface area is 92.1 Å². The van der Waals surface area contributed by atoms with Gasteiger partial charge in [-0.2, -0.15) is 0 Å². The average Bonchev–Trinajstić information content (AvgIpc) is 2.55. The smallest absolute Gasteiger partial charge is 0.230 e. The Morgan fingerprint density at radius 1 is 1.93 bits per heavy atom. The van der Waals surface area contributed by atoms with Crippen LogP contribution in [0.1, 0.15) is 6.92 Å². The second-order valence-electron chi connectivity index (χ2n) is 3.56. The molecule has 0 spiro atoms. The Hall–Kier alpha value is -0.420. The summed E-state index contributed by atoms with van der Waals surface area (Å²) in [6.45, 7) is 1.92. The molecule has 2 unspecified atom stereocenters. The molecule has 1 amide bonds. The molecule has 0 aromatic heterocycles. The van der Waals surface area contributed by atoms with Gasteiger partial charge in [0.1, 0.15) is 5.04 Å². The van der Waals surface area contributed by atoms with E-state index in [1.165, 1.54) is 11.8 Å². The Balaban J connectivity index is 2.98. The summed E-state index contributed by atoms with van der Waals surface area (Å²) >= 11 is 7.22. The number of thioether (sulfide) groups is 1. The van der Waals surface area contributed by atoms with Gasteiger partial charge in [-0.3, -0.25) is 4.79 Å². The molecule has 4 nitrogen and oxygen atoms in total. The molecule has 0 bridgehead atoms. The van der Waals surface area contributed by atoms with Crippen LogP contribution in [-0.2, 0) is 4.79 Å². The molecule has 1 rings (SSSR count). The molecule has 1 saturated heterocycles. The number of nitrogens with one attached hydrogen (secondary N) is 1. The highest BCUT2D eigenvalue weighted by atomic mass is 35.5. The van der Waals surface area contributed by atoms with Gasteiger partial charge in [0.2, 0.25) is 5.91 Å². The van der Waals surface area contributed by atoms with Crippen LogP contribution in [0.25, 0.3) is 0 Å². The van der Waals surface area contributed by atoms with E-state index in [-0.39, 0.29) is 11.3 Å². The monoisotopic (exact) mass is 236 g/mol. The first-order chi connectivity index (χ1) is 6.59. The number of oxime groups is 1. The minimum Gasteiger partial charge on any atom is -0.410 e. The lowest BCUT2D eigenvalue weighted by Gasteiger charge is -2.26. The van der Waals surface area contributed by atoms with Crippen LogP contribution in [-0.4, -0.2) is 34.8 Å². The largest absolute Gasteiger partial charge is 0.410 e. The van der Waals surface area contributed by atoms with Gasteiger partial charge in [0.05, 0.1) is 5.92 Å². The molecule has 0 radical (unpaired) electrons. The lowest BCUT2D eigenvalue weighted by atomic mass is 9.80. The van der Waals surface area contributed by atoms with Crippen molar-refractivity contribution >= 4 is 34.3 Å². The van der Waals surface area contributed by atoms with Gasteiger partial charge in [-0.15, -0.1) is 23.4 Å². The average molecular weight is 237 g/mol. The Bertz CT molecular complexity index is 272. The quantitative estimate of drug-likeness (QED) is 0.429. The second kappa shape index (κ2) is 4.40. The van der Waals surface area contributed by atoms with Gasteiger partial charge in [-0.1, -0.05) is 12.1 Å². The summed E-state index contributed by atoms with van der Waals surface area (Å²) in [5, 5.41) is 14.9. The van der Waals surface area contributed by atoms with Gasteiger partial charge >= 0.3 is 0 Å². The molecule has 1 heterocycles. The van der Waals surface area contributed by atoms with Crippen LogP contribution >= 0.6 is 23.4 Å². The summed E-state index contributed by atoms with van der Waals surface area (Å²) < 4.78 is 0. The molecule has 1 fully saturated rings. The summed E-state index contributed by atoms with van der Waals surface area (Å²) in [6.07, 6.45) is 0. The highest BCUT2D eigenvalue weighted by Gasteiger charge is 2.47. The van der Waals surface area contributed by atoms with Crippen LogP contribution in [0.5, 0.6) is 0 Å². The molecule has 0 aromatic rings. The first-order valence-corrected chi connectivity index (χ1v) is 5.73. The van der Waals surface area contributed by atoms with E-state index in [2.05, 4.69) is 10.5 Å². The summed E-state index contributed by atoms with van der Waals surface area (Å²) in [7, 11) is 1.56. The molecule has 6 heteroatoms. The normalized spacial score (nSPS) is 34.8. The van der Waals surface area contributed by atoms with Gasteiger partial charge in [0.15, 0.2) is 0 Å². The van der Waals surface area contributed by atoms with E-state index in [1.54, 1.807) is 7.05 Å². The first-order valence-electron chi connectivity index (χ1n) is 4.21. The Kier molecular flexibility index (Phi) is 3.66. The maximum Gasteiger partial charge on any atom is 0.230 e. The maximum atomic E-state index is 11.6. The van der Waals surface area contributed by atoms with Crippen molar-refractivity contribution in [1.29, 1.82) is 0 Å². The lowest BCUT2D eigenvalue weighted by molar-refractivity contribution is -0.124. The van der Waals surface area contributed by atoms with Gasteiger partial charge in [-0.05, 0) is 0 Å². The zero-order chi connectivity index (χ0) is 10.8. The number of nitrogens with zero attached hydrogens (tertiary/aromatic N) is 1. The summed E-state index contributed by atoms with van der Waals surface area (Å²) in [5.41, 5.74) is -0.326. The van der Waals surface area contributed by atoms with Crippen molar-refractivity contribution in [3.63, 3.8) is 0 Å².